The van der Waals surface area contributed by atoms with Crippen LogP contribution in [0.2, 0.25) is 0 Å². The number of benzene rings is 4. The molecule has 0 bridgehead atoms. The molecule has 0 fully saturated rings. The second-order valence-electron chi connectivity index (χ2n) is 9.99. The van der Waals surface area contributed by atoms with Crippen LogP contribution in [0, 0.1) is 6.92 Å². The van der Waals surface area contributed by atoms with Gasteiger partial charge in [-0.3, -0.25) is 0 Å². The number of alkyl halides is 9. The van der Waals surface area contributed by atoms with Crippen molar-refractivity contribution in [3.05, 3.63) is 142 Å². The summed E-state index contributed by atoms with van der Waals surface area (Å²) in [4.78, 5) is 0. The van der Waals surface area contributed by atoms with Crippen molar-refractivity contribution >= 4 is 0 Å². The van der Waals surface area contributed by atoms with Gasteiger partial charge in [-0.05, 0) is 53.4 Å². The lowest BCUT2D eigenvalue weighted by Crippen LogP contribution is -2.47. The van der Waals surface area contributed by atoms with Gasteiger partial charge in [0.15, 0.2) is 0 Å². The van der Waals surface area contributed by atoms with Gasteiger partial charge in [-0.1, -0.05) is 78.4 Å². The summed E-state index contributed by atoms with van der Waals surface area (Å²) in [6.45, 7) is 2.14. The second kappa shape index (κ2) is 15.4. The van der Waals surface area contributed by atoms with E-state index in [0.717, 1.165) is 30.3 Å². The Labute approximate surface area is 254 Å². The van der Waals surface area contributed by atoms with Crippen molar-refractivity contribution in [2.75, 3.05) is 0 Å². The molecule has 4 aromatic rings. The van der Waals surface area contributed by atoms with Gasteiger partial charge in [0, 0.05) is 19.6 Å². The number of nitrogens with one attached hydrogen (secondary N) is 2. The maximum Gasteiger partial charge on any atom is 0.416 e. The first-order valence-corrected chi connectivity index (χ1v) is 13.5. The average molecular weight is 643 g/mol. The molecule has 0 amide bonds. The van der Waals surface area contributed by atoms with Crippen LogP contribution in [0.4, 0.5) is 39.5 Å². The van der Waals surface area contributed by atoms with Crippen LogP contribution in [-0.4, -0.2) is 5.12 Å². The molecule has 0 radical (unpaired) electrons. The quantitative estimate of drug-likeness (QED) is 0.127. The zero-order chi connectivity index (χ0) is 33.3. The Kier molecular flexibility index (Phi) is 12.2. The first kappa shape index (κ1) is 35.6. The molecule has 4 N–H and O–H groups in total. The highest BCUT2D eigenvalue weighted by molar-refractivity contribution is 5.30. The highest BCUT2D eigenvalue weighted by atomic mass is 19.4. The van der Waals surface area contributed by atoms with Crippen LogP contribution in [0.1, 0.15) is 44.5 Å². The number of aryl methyl sites for hydroxylation is 1. The molecular weight excluding hydrogens is 611 g/mol. The van der Waals surface area contributed by atoms with E-state index in [1.54, 1.807) is 0 Å². The summed E-state index contributed by atoms with van der Waals surface area (Å²) in [6, 6.07) is 21.6. The van der Waals surface area contributed by atoms with Crippen molar-refractivity contribution in [2.24, 2.45) is 5.73 Å². The Balaban J connectivity index is 0.000000525. The Morgan fingerprint density at radius 2 is 1.16 bits per heavy atom. The molecule has 0 saturated carbocycles. The van der Waals surface area contributed by atoms with E-state index in [0.29, 0.717) is 12.1 Å². The first-order valence-electron chi connectivity index (χ1n) is 13.5. The fraction of sp³-hybridized carbons (Fsp3) is 0.250. The molecule has 4 aromatic carbocycles. The van der Waals surface area contributed by atoms with Gasteiger partial charge in [0.05, 0.1) is 23.2 Å². The average Bonchev–Trinajstić information content (AvgIpc) is 2.98. The van der Waals surface area contributed by atoms with Crippen molar-refractivity contribution in [2.45, 2.75) is 51.6 Å². The fourth-order valence-electron chi connectivity index (χ4n) is 4.05. The maximum atomic E-state index is 13.3. The van der Waals surface area contributed by atoms with Crippen LogP contribution < -0.4 is 16.6 Å². The highest BCUT2D eigenvalue weighted by Crippen LogP contribution is 2.32. The largest absolute Gasteiger partial charge is 0.416 e. The minimum absolute atomic E-state index is 0.0506. The predicted molar refractivity (Wildman–Crippen MR) is 153 cm³/mol. The third-order valence-corrected chi connectivity index (χ3v) is 6.49. The van der Waals surface area contributed by atoms with Gasteiger partial charge in [0.2, 0.25) is 0 Å². The van der Waals surface area contributed by atoms with E-state index in [9.17, 15) is 39.5 Å². The van der Waals surface area contributed by atoms with Gasteiger partial charge in [-0.15, -0.1) is 0 Å². The van der Waals surface area contributed by atoms with Crippen LogP contribution in [-0.2, 0) is 44.7 Å². The van der Waals surface area contributed by atoms with Gasteiger partial charge in [-0.25, -0.2) is 10.9 Å². The molecule has 0 heterocycles. The molecular formula is C32H31F9N4. The van der Waals surface area contributed by atoms with Crippen LogP contribution >= 0.6 is 0 Å². The zero-order valence-corrected chi connectivity index (χ0v) is 24.0. The third kappa shape index (κ3) is 11.5. The maximum absolute atomic E-state index is 13.3. The first-order chi connectivity index (χ1) is 21.1. The van der Waals surface area contributed by atoms with E-state index < -0.39 is 35.2 Å². The summed E-state index contributed by atoms with van der Waals surface area (Å²) in [5, 5.41) is 1.19. The topological polar surface area (TPSA) is 53.3 Å². The molecule has 13 heteroatoms. The summed E-state index contributed by atoms with van der Waals surface area (Å²) in [5.41, 5.74) is 11.3. The van der Waals surface area contributed by atoms with Gasteiger partial charge < -0.3 is 5.73 Å². The molecule has 4 nitrogen and oxygen atoms in total. The Morgan fingerprint density at radius 1 is 0.578 bits per heavy atom. The predicted octanol–water partition coefficient (Wildman–Crippen LogP) is 8.41. The minimum atomic E-state index is -4.61. The Morgan fingerprint density at radius 3 is 1.73 bits per heavy atom. The van der Waals surface area contributed by atoms with Gasteiger partial charge >= 0.3 is 18.5 Å². The summed E-state index contributed by atoms with van der Waals surface area (Å²) >= 11 is 0. The number of halogens is 9. The molecule has 0 saturated heterocycles. The van der Waals surface area contributed by atoms with Crippen LogP contribution in [0.5, 0.6) is 0 Å². The van der Waals surface area contributed by atoms with Gasteiger partial charge in [0.25, 0.3) is 0 Å². The normalized spacial score (nSPS) is 12.2. The summed E-state index contributed by atoms with van der Waals surface area (Å²) in [7, 11) is 0. The van der Waals surface area contributed by atoms with E-state index in [1.807, 2.05) is 0 Å². The molecule has 45 heavy (non-hydrogen) atoms. The Hall–Kier alpha value is -3.91. The van der Waals surface area contributed by atoms with Gasteiger partial charge in [-0.2, -0.15) is 44.6 Å². The van der Waals surface area contributed by atoms with Crippen molar-refractivity contribution in [3.8, 4) is 0 Å². The number of nitrogens with zero attached hydrogens (tertiary/aromatic N) is 1. The van der Waals surface area contributed by atoms with Crippen molar-refractivity contribution < 1.29 is 39.5 Å². The van der Waals surface area contributed by atoms with Crippen molar-refractivity contribution in [1.82, 2.24) is 16.0 Å². The van der Waals surface area contributed by atoms with E-state index in [-0.39, 0.29) is 30.8 Å². The Bertz CT molecular complexity index is 1480. The van der Waals surface area contributed by atoms with Crippen LogP contribution in [0.3, 0.4) is 0 Å². The smallest absolute Gasteiger partial charge is 0.326 e. The molecule has 0 aromatic heterocycles. The molecule has 0 aliphatic heterocycles. The van der Waals surface area contributed by atoms with Crippen LogP contribution in [0.15, 0.2) is 97.1 Å². The summed E-state index contributed by atoms with van der Waals surface area (Å²) in [6.07, 6.45) is -13.7. The molecule has 0 aliphatic carbocycles. The molecule has 242 valence electrons. The van der Waals surface area contributed by atoms with E-state index in [2.05, 4.69) is 42.0 Å². The number of rotatable bonds is 9. The van der Waals surface area contributed by atoms with Crippen LogP contribution in [0.25, 0.3) is 0 Å². The molecule has 0 spiro atoms. The second-order valence-corrected chi connectivity index (χ2v) is 9.99. The summed E-state index contributed by atoms with van der Waals surface area (Å²) in [5.74, 6) is 0. The van der Waals surface area contributed by atoms with E-state index >= 15 is 0 Å². The lowest BCUT2D eigenvalue weighted by atomic mass is 10.1. The standard InChI is InChI=1S/C24H20F9N3.C8H11N/c25-22(26,27)19-10-8-16(9-11-19)13-34-36(15-17-4-3-6-20(12-17)23(28,29)30)35-14-18-5-1-2-7-21(18)24(31,32)33;1-7-2-4-8(6-9)5-3-7/h1-12,34-35H,13-15H2;2-5H,6,9H2,1H3. The number of hydrogen-bond donors (Lipinski definition) is 3. The molecule has 0 aliphatic rings. The highest BCUT2D eigenvalue weighted by Gasteiger charge is 2.33. The van der Waals surface area contributed by atoms with E-state index in [1.165, 1.54) is 58.7 Å². The molecule has 0 atom stereocenters. The minimum Gasteiger partial charge on any atom is -0.326 e. The van der Waals surface area contributed by atoms with Crippen molar-refractivity contribution in [3.63, 3.8) is 0 Å². The lowest BCUT2D eigenvalue weighted by Gasteiger charge is -2.26. The third-order valence-electron chi connectivity index (χ3n) is 6.49. The zero-order valence-electron chi connectivity index (χ0n) is 24.0. The monoisotopic (exact) mass is 642 g/mol. The number of hydrazine groups is 2. The SMILES string of the molecule is Cc1ccc(CN)cc1.FC(F)(F)c1ccc(CNN(Cc2cccc(C(F)(F)F)c2)NCc2ccccc2C(F)(F)F)cc1. The molecule has 4 rings (SSSR count). The van der Waals surface area contributed by atoms with Gasteiger partial charge in [0.1, 0.15) is 0 Å². The molecule has 0 unspecified atom stereocenters. The lowest BCUT2D eigenvalue weighted by molar-refractivity contribution is -0.139. The number of nitrogens with two attached hydrogens (primary N) is 1. The van der Waals surface area contributed by atoms with E-state index in [4.69, 9.17) is 5.73 Å². The summed E-state index contributed by atoms with van der Waals surface area (Å²) < 4.78 is 118. The van der Waals surface area contributed by atoms with Crippen molar-refractivity contribution in [1.29, 1.82) is 0 Å². The number of hydrogen-bond acceptors (Lipinski definition) is 4. The fourth-order valence-corrected chi connectivity index (χ4v) is 4.05.